The first-order valence-corrected chi connectivity index (χ1v) is 6.82. The zero-order chi connectivity index (χ0) is 10.6. The van der Waals surface area contributed by atoms with Crippen LogP contribution in [0.4, 0.5) is 0 Å². The lowest BCUT2D eigenvalue weighted by molar-refractivity contribution is 0.193. The van der Waals surface area contributed by atoms with E-state index in [2.05, 4.69) is 17.1 Å². The third-order valence-electron chi connectivity index (χ3n) is 4.23. The van der Waals surface area contributed by atoms with Crippen molar-refractivity contribution < 1.29 is 0 Å². The molecule has 2 saturated heterocycles. The van der Waals surface area contributed by atoms with E-state index in [9.17, 15) is 0 Å². The fourth-order valence-corrected chi connectivity index (χ4v) is 3.14. The van der Waals surface area contributed by atoms with Crippen LogP contribution in [0.5, 0.6) is 0 Å². The van der Waals surface area contributed by atoms with Gasteiger partial charge in [-0.3, -0.25) is 0 Å². The van der Waals surface area contributed by atoms with Crippen LogP contribution in [0.25, 0.3) is 0 Å². The van der Waals surface area contributed by atoms with Crippen molar-refractivity contribution in [2.45, 2.75) is 57.4 Å². The molecule has 0 bridgehead atoms. The standard InChI is InChI=1S/C13H26N2/c1-2-13(8-7-9-14-13)12-15-10-5-3-4-6-11-15/h14H,2-12H2,1H3. The maximum absolute atomic E-state index is 3.75. The summed E-state index contributed by atoms with van der Waals surface area (Å²) in [4.78, 5) is 2.70. The molecule has 0 saturated carbocycles. The second-order valence-electron chi connectivity index (χ2n) is 5.35. The van der Waals surface area contributed by atoms with Crippen LogP contribution in [0.3, 0.4) is 0 Å². The predicted molar refractivity (Wildman–Crippen MR) is 65.2 cm³/mol. The monoisotopic (exact) mass is 210 g/mol. The summed E-state index contributed by atoms with van der Waals surface area (Å²) in [5, 5.41) is 3.75. The highest BCUT2D eigenvalue weighted by Crippen LogP contribution is 2.25. The number of rotatable bonds is 3. The Morgan fingerprint density at radius 1 is 1.07 bits per heavy atom. The van der Waals surface area contributed by atoms with E-state index in [1.807, 2.05) is 0 Å². The molecule has 2 nitrogen and oxygen atoms in total. The van der Waals surface area contributed by atoms with E-state index >= 15 is 0 Å². The van der Waals surface area contributed by atoms with Crippen molar-refractivity contribution in [2.24, 2.45) is 0 Å². The lowest BCUT2D eigenvalue weighted by atomic mass is 9.93. The zero-order valence-corrected chi connectivity index (χ0v) is 10.2. The molecule has 0 aromatic rings. The molecule has 1 unspecified atom stereocenters. The van der Waals surface area contributed by atoms with Crippen LogP contribution in [0.1, 0.15) is 51.9 Å². The van der Waals surface area contributed by atoms with Gasteiger partial charge < -0.3 is 10.2 Å². The normalized spacial score (nSPS) is 34.2. The number of hydrogen-bond donors (Lipinski definition) is 1. The molecule has 0 spiro atoms. The maximum atomic E-state index is 3.75. The Hall–Kier alpha value is -0.0800. The van der Waals surface area contributed by atoms with Crippen molar-refractivity contribution in [3.8, 4) is 0 Å². The minimum absolute atomic E-state index is 0.463. The van der Waals surface area contributed by atoms with Crippen molar-refractivity contribution in [3.63, 3.8) is 0 Å². The minimum atomic E-state index is 0.463. The molecule has 2 heterocycles. The summed E-state index contributed by atoms with van der Waals surface area (Å²) in [6, 6.07) is 0. The van der Waals surface area contributed by atoms with E-state index in [0.29, 0.717) is 5.54 Å². The van der Waals surface area contributed by atoms with Crippen molar-refractivity contribution in [1.82, 2.24) is 10.2 Å². The molecule has 0 radical (unpaired) electrons. The van der Waals surface area contributed by atoms with Crippen molar-refractivity contribution >= 4 is 0 Å². The Morgan fingerprint density at radius 3 is 2.33 bits per heavy atom. The summed E-state index contributed by atoms with van der Waals surface area (Å²) >= 11 is 0. The fraction of sp³-hybridized carbons (Fsp3) is 1.00. The molecule has 2 aliphatic rings. The van der Waals surface area contributed by atoms with Gasteiger partial charge in [0.15, 0.2) is 0 Å². The zero-order valence-electron chi connectivity index (χ0n) is 10.2. The van der Waals surface area contributed by atoms with Crippen LogP contribution >= 0.6 is 0 Å². The minimum Gasteiger partial charge on any atom is -0.310 e. The lowest BCUT2D eigenvalue weighted by Gasteiger charge is -2.34. The summed E-state index contributed by atoms with van der Waals surface area (Å²) in [6.07, 6.45) is 9.79. The highest BCUT2D eigenvalue weighted by molar-refractivity contribution is 4.94. The van der Waals surface area contributed by atoms with Crippen LogP contribution in [-0.4, -0.2) is 36.6 Å². The maximum Gasteiger partial charge on any atom is 0.0306 e. The van der Waals surface area contributed by atoms with Crippen LogP contribution in [0.15, 0.2) is 0 Å². The van der Waals surface area contributed by atoms with Crippen molar-refractivity contribution in [2.75, 3.05) is 26.2 Å². The van der Waals surface area contributed by atoms with E-state index in [-0.39, 0.29) is 0 Å². The average molecular weight is 210 g/mol. The molecule has 0 aliphatic carbocycles. The summed E-state index contributed by atoms with van der Waals surface area (Å²) in [5.41, 5.74) is 0.463. The lowest BCUT2D eigenvalue weighted by Crippen LogP contribution is -2.49. The molecule has 0 aromatic carbocycles. The van der Waals surface area contributed by atoms with Gasteiger partial charge in [-0.1, -0.05) is 19.8 Å². The SMILES string of the molecule is CCC1(CN2CCCCCC2)CCCN1. The number of nitrogens with one attached hydrogen (secondary N) is 1. The van der Waals surface area contributed by atoms with Gasteiger partial charge in [0.2, 0.25) is 0 Å². The molecule has 2 aliphatic heterocycles. The summed E-state index contributed by atoms with van der Waals surface area (Å²) in [6.45, 7) is 7.55. The first kappa shape index (κ1) is 11.4. The molecule has 15 heavy (non-hydrogen) atoms. The van der Waals surface area contributed by atoms with E-state index in [1.165, 1.54) is 71.1 Å². The Kier molecular flexibility index (Phi) is 4.04. The Balaban J connectivity index is 1.87. The second kappa shape index (κ2) is 5.31. The first-order chi connectivity index (χ1) is 7.35. The largest absolute Gasteiger partial charge is 0.310 e. The molecule has 2 fully saturated rings. The molecule has 1 atom stereocenters. The Morgan fingerprint density at radius 2 is 1.80 bits per heavy atom. The number of likely N-dealkylation sites (tertiary alicyclic amines) is 1. The van der Waals surface area contributed by atoms with E-state index in [0.717, 1.165) is 0 Å². The van der Waals surface area contributed by atoms with Gasteiger partial charge >= 0.3 is 0 Å². The molecule has 1 N–H and O–H groups in total. The second-order valence-corrected chi connectivity index (χ2v) is 5.35. The number of nitrogens with zero attached hydrogens (tertiary/aromatic N) is 1. The van der Waals surface area contributed by atoms with E-state index < -0.39 is 0 Å². The van der Waals surface area contributed by atoms with Gasteiger partial charge in [-0.25, -0.2) is 0 Å². The quantitative estimate of drug-likeness (QED) is 0.769. The summed E-state index contributed by atoms with van der Waals surface area (Å²) < 4.78 is 0. The van der Waals surface area contributed by atoms with Crippen LogP contribution < -0.4 is 5.32 Å². The third-order valence-corrected chi connectivity index (χ3v) is 4.23. The van der Waals surface area contributed by atoms with Crippen LogP contribution in [0, 0.1) is 0 Å². The Labute approximate surface area is 94.4 Å². The van der Waals surface area contributed by atoms with Crippen LogP contribution in [0.2, 0.25) is 0 Å². The molecule has 2 rings (SSSR count). The van der Waals surface area contributed by atoms with Gasteiger partial charge in [0, 0.05) is 12.1 Å². The molecule has 2 heteroatoms. The van der Waals surface area contributed by atoms with E-state index in [1.54, 1.807) is 0 Å². The average Bonchev–Trinajstić information content (AvgIpc) is 2.57. The topological polar surface area (TPSA) is 15.3 Å². The van der Waals surface area contributed by atoms with Crippen molar-refractivity contribution in [1.29, 1.82) is 0 Å². The highest BCUT2D eigenvalue weighted by atomic mass is 15.2. The molecule has 88 valence electrons. The highest BCUT2D eigenvalue weighted by Gasteiger charge is 2.33. The summed E-state index contributed by atoms with van der Waals surface area (Å²) in [5.74, 6) is 0. The molecular weight excluding hydrogens is 184 g/mol. The molecular formula is C13H26N2. The van der Waals surface area contributed by atoms with Crippen LogP contribution in [-0.2, 0) is 0 Å². The van der Waals surface area contributed by atoms with Gasteiger partial charge in [0.1, 0.15) is 0 Å². The fourth-order valence-electron chi connectivity index (χ4n) is 3.14. The molecule has 0 aromatic heterocycles. The predicted octanol–water partition coefficient (Wildman–Crippen LogP) is 2.39. The number of hydrogen-bond acceptors (Lipinski definition) is 2. The van der Waals surface area contributed by atoms with Gasteiger partial charge in [0.25, 0.3) is 0 Å². The van der Waals surface area contributed by atoms with Crippen molar-refractivity contribution in [3.05, 3.63) is 0 Å². The van der Waals surface area contributed by atoms with E-state index in [4.69, 9.17) is 0 Å². The Bertz CT molecular complexity index is 177. The smallest absolute Gasteiger partial charge is 0.0306 e. The molecule has 0 amide bonds. The van der Waals surface area contributed by atoms with Gasteiger partial charge in [-0.15, -0.1) is 0 Å². The first-order valence-electron chi connectivity index (χ1n) is 6.82. The van der Waals surface area contributed by atoms with Gasteiger partial charge in [-0.2, -0.15) is 0 Å². The summed E-state index contributed by atoms with van der Waals surface area (Å²) in [7, 11) is 0. The third kappa shape index (κ3) is 2.94. The van der Waals surface area contributed by atoms with Gasteiger partial charge in [0.05, 0.1) is 0 Å². The van der Waals surface area contributed by atoms with Gasteiger partial charge in [-0.05, 0) is 51.7 Å².